The van der Waals surface area contributed by atoms with E-state index in [2.05, 4.69) is 5.32 Å². The van der Waals surface area contributed by atoms with Crippen molar-refractivity contribution < 1.29 is 9.90 Å². The minimum Gasteiger partial charge on any atom is -0.399 e. The van der Waals surface area contributed by atoms with Crippen LogP contribution in [0.5, 0.6) is 0 Å². The topological polar surface area (TPSA) is 75.4 Å². The first kappa shape index (κ1) is 11.5. The van der Waals surface area contributed by atoms with Gasteiger partial charge in [0, 0.05) is 17.3 Å². The number of anilines is 1. The van der Waals surface area contributed by atoms with Crippen molar-refractivity contribution in [3.05, 3.63) is 29.3 Å². The summed E-state index contributed by atoms with van der Waals surface area (Å²) in [5, 5.41) is 11.5. The van der Waals surface area contributed by atoms with Crippen LogP contribution in [0.1, 0.15) is 22.8 Å². The van der Waals surface area contributed by atoms with Crippen LogP contribution in [0.4, 0.5) is 5.69 Å². The van der Waals surface area contributed by atoms with E-state index < -0.39 is 0 Å². The lowest BCUT2D eigenvalue weighted by molar-refractivity contribution is 0.0921. The van der Waals surface area contributed by atoms with Gasteiger partial charge in [0.2, 0.25) is 0 Å². The summed E-state index contributed by atoms with van der Waals surface area (Å²) in [6.45, 7) is 3.50. The van der Waals surface area contributed by atoms with E-state index in [0.717, 1.165) is 5.56 Å². The third kappa shape index (κ3) is 2.95. The number of aliphatic hydroxyl groups is 1. The van der Waals surface area contributed by atoms with Gasteiger partial charge in [-0.15, -0.1) is 0 Å². The third-order valence-corrected chi connectivity index (χ3v) is 2.16. The number of nitrogens with one attached hydrogen (secondary N) is 1. The molecule has 1 aromatic rings. The molecular formula is C11H16N2O2. The summed E-state index contributed by atoms with van der Waals surface area (Å²) in [5.41, 5.74) is 7.58. The van der Waals surface area contributed by atoms with E-state index in [1.807, 2.05) is 6.92 Å². The molecule has 0 saturated heterocycles. The molecule has 1 atom stereocenters. The number of carbonyl (C=O) groups is 1. The average molecular weight is 208 g/mol. The lowest BCUT2D eigenvalue weighted by atomic mass is 10.1. The number of nitrogens with two attached hydrogens (primary N) is 1. The first-order valence-electron chi connectivity index (χ1n) is 4.82. The van der Waals surface area contributed by atoms with Crippen molar-refractivity contribution in [2.45, 2.75) is 19.9 Å². The molecule has 0 unspecified atom stereocenters. The fraction of sp³-hybridized carbons (Fsp3) is 0.364. The standard InChI is InChI=1S/C11H16N2O2/c1-7-3-4-9(12)5-10(7)11(15)13-8(2)6-14/h3-5,8,14H,6,12H2,1-2H3,(H,13,15)/t8-/m1/s1. The van der Waals surface area contributed by atoms with Crippen LogP contribution < -0.4 is 11.1 Å². The van der Waals surface area contributed by atoms with E-state index >= 15 is 0 Å². The number of hydrogen-bond acceptors (Lipinski definition) is 3. The Hall–Kier alpha value is -1.55. The Morgan fingerprint density at radius 1 is 1.60 bits per heavy atom. The van der Waals surface area contributed by atoms with Crippen LogP contribution in [0.3, 0.4) is 0 Å². The van der Waals surface area contributed by atoms with Crippen molar-refractivity contribution in [2.75, 3.05) is 12.3 Å². The van der Waals surface area contributed by atoms with Gasteiger partial charge in [0.05, 0.1) is 6.61 Å². The van der Waals surface area contributed by atoms with E-state index in [1.165, 1.54) is 0 Å². The fourth-order valence-corrected chi connectivity index (χ4v) is 1.23. The van der Waals surface area contributed by atoms with Gasteiger partial charge in [0.15, 0.2) is 0 Å². The quantitative estimate of drug-likeness (QED) is 0.640. The highest BCUT2D eigenvalue weighted by Crippen LogP contribution is 2.12. The van der Waals surface area contributed by atoms with E-state index in [4.69, 9.17) is 10.8 Å². The van der Waals surface area contributed by atoms with Gasteiger partial charge < -0.3 is 16.2 Å². The van der Waals surface area contributed by atoms with Crippen molar-refractivity contribution in [1.29, 1.82) is 0 Å². The molecule has 0 aliphatic rings. The second-order valence-corrected chi connectivity index (χ2v) is 3.63. The van der Waals surface area contributed by atoms with Crippen LogP contribution in [0.2, 0.25) is 0 Å². The van der Waals surface area contributed by atoms with Gasteiger partial charge in [-0.1, -0.05) is 6.07 Å². The summed E-state index contributed by atoms with van der Waals surface area (Å²) in [4.78, 5) is 11.7. The summed E-state index contributed by atoms with van der Waals surface area (Å²) in [6.07, 6.45) is 0. The Kier molecular flexibility index (Phi) is 3.68. The van der Waals surface area contributed by atoms with E-state index in [0.29, 0.717) is 11.3 Å². The van der Waals surface area contributed by atoms with Crippen LogP contribution in [0.25, 0.3) is 0 Å². The predicted molar refractivity (Wildman–Crippen MR) is 59.6 cm³/mol. The average Bonchev–Trinajstić information content (AvgIpc) is 2.21. The smallest absolute Gasteiger partial charge is 0.251 e. The van der Waals surface area contributed by atoms with Crippen LogP contribution in [-0.2, 0) is 0 Å². The second-order valence-electron chi connectivity index (χ2n) is 3.63. The first-order chi connectivity index (χ1) is 7.04. The summed E-state index contributed by atoms with van der Waals surface area (Å²) in [7, 11) is 0. The van der Waals surface area contributed by atoms with E-state index in [-0.39, 0.29) is 18.6 Å². The molecule has 0 heterocycles. The Morgan fingerprint density at radius 3 is 2.87 bits per heavy atom. The SMILES string of the molecule is Cc1ccc(N)cc1C(=O)N[C@H](C)CO. The zero-order valence-electron chi connectivity index (χ0n) is 8.95. The molecular weight excluding hydrogens is 192 g/mol. The van der Waals surface area contributed by atoms with E-state index in [1.54, 1.807) is 25.1 Å². The molecule has 0 spiro atoms. The van der Waals surface area contributed by atoms with Crippen LogP contribution in [0, 0.1) is 6.92 Å². The highest BCUT2D eigenvalue weighted by Gasteiger charge is 2.11. The van der Waals surface area contributed by atoms with Crippen molar-refractivity contribution >= 4 is 11.6 Å². The Balaban J connectivity index is 2.86. The van der Waals surface area contributed by atoms with Gasteiger partial charge in [0.25, 0.3) is 5.91 Å². The lowest BCUT2D eigenvalue weighted by Gasteiger charge is -2.12. The third-order valence-electron chi connectivity index (χ3n) is 2.16. The highest BCUT2D eigenvalue weighted by atomic mass is 16.3. The maximum atomic E-state index is 11.7. The summed E-state index contributed by atoms with van der Waals surface area (Å²) >= 11 is 0. The van der Waals surface area contributed by atoms with Crippen molar-refractivity contribution in [3.8, 4) is 0 Å². The molecule has 0 bridgehead atoms. The van der Waals surface area contributed by atoms with Gasteiger partial charge in [0.1, 0.15) is 0 Å². The maximum absolute atomic E-state index is 11.7. The molecule has 0 aliphatic carbocycles. The summed E-state index contributed by atoms with van der Waals surface area (Å²) in [5.74, 6) is -0.207. The van der Waals surface area contributed by atoms with Crippen molar-refractivity contribution in [1.82, 2.24) is 5.32 Å². The lowest BCUT2D eigenvalue weighted by Crippen LogP contribution is -2.35. The second kappa shape index (κ2) is 4.79. The minimum absolute atomic E-state index is 0.0763. The predicted octanol–water partition coefficient (Wildman–Crippen LogP) is 0.688. The molecule has 15 heavy (non-hydrogen) atoms. The number of nitrogen functional groups attached to an aromatic ring is 1. The minimum atomic E-state index is -0.252. The monoisotopic (exact) mass is 208 g/mol. The molecule has 0 aromatic heterocycles. The zero-order chi connectivity index (χ0) is 11.4. The number of aryl methyl sites for hydroxylation is 1. The normalized spacial score (nSPS) is 12.2. The number of rotatable bonds is 3. The highest BCUT2D eigenvalue weighted by molar-refractivity contribution is 5.96. The van der Waals surface area contributed by atoms with E-state index in [9.17, 15) is 4.79 Å². The molecule has 0 radical (unpaired) electrons. The Morgan fingerprint density at radius 2 is 2.27 bits per heavy atom. The maximum Gasteiger partial charge on any atom is 0.251 e. The van der Waals surface area contributed by atoms with Gasteiger partial charge in [-0.2, -0.15) is 0 Å². The molecule has 4 nitrogen and oxygen atoms in total. The fourth-order valence-electron chi connectivity index (χ4n) is 1.23. The number of amides is 1. The summed E-state index contributed by atoms with van der Waals surface area (Å²) < 4.78 is 0. The number of carbonyl (C=O) groups excluding carboxylic acids is 1. The van der Waals surface area contributed by atoms with Gasteiger partial charge >= 0.3 is 0 Å². The molecule has 0 aliphatic heterocycles. The molecule has 82 valence electrons. The van der Waals surface area contributed by atoms with Crippen molar-refractivity contribution in [2.24, 2.45) is 0 Å². The zero-order valence-corrected chi connectivity index (χ0v) is 8.95. The molecule has 1 aromatic carbocycles. The van der Waals surface area contributed by atoms with Gasteiger partial charge in [-0.05, 0) is 31.5 Å². The molecule has 4 N–H and O–H groups in total. The van der Waals surface area contributed by atoms with Crippen LogP contribution >= 0.6 is 0 Å². The Bertz CT molecular complexity index is 364. The van der Waals surface area contributed by atoms with Crippen molar-refractivity contribution in [3.63, 3.8) is 0 Å². The molecule has 1 amide bonds. The van der Waals surface area contributed by atoms with Gasteiger partial charge in [-0.25, -0.2) is 0 Å². The number of aliphatic hydroxyl groups excluding tert-OH is 1. The molecule has 0 saturated carbocycles. The number of benzene rings is 1. The van der Waals surface area contributed by atoms with Crippen LogP contribution in [0.15, 0.2) is 18.2 Å². The molecule has 0 fully saturated rings. The largest absolute Gasteiger partial charge is 0.399 e. The summed E-state index contributed by atoms with van der Waals surface area (Å²) in [6, 6.07) is 4.93. The van der Waals surface area contributed by atoms with Gasteiger partial charge in [-0.3, -0.25) is 4.79 Å². The number of hydrogen-bond donors (Lipinski definition) is 3. The Labute approximate surface area is 89.1 Å². The first-order valence-corrected chi connectivity index (χ1v) is 4.82. The molecule has 1 rings (SSSR count). The molecule has 4 heteroatoms. The van der Waals surface area contributed by atoms with Crippen LogP contribution in [-0.4, -0.2) is 23.7 Å².